The van der Waals surface area contributed by atoms with Crippen molar-refractivity contribution >= 4 is 18.0 Å². The van der Waals surface area contributed by atoms with Gasteiger partial charge in [0.1, 0.15) is 6.04 Å². The molecule has 2 amide bonds. The molecule has 0 radical (unpaired) electrons. The van der Waals surface area contributed by atoms with E-state index in [1.54, 1.807) is 29.1 Å². The molecule has 8 nitrogen and oxygen atoms in total. The predicted octanol–water partition coefficient (Wildman–Crippen LogP) is 2.61. The lowest BCUT2D eigenvalue weighted by Crippen LogP contribution is -2.43. The van der Waals surface area contributed by atoms with Gasteiger partial charge in [-0.3, -0.25) is 4.79 Å². The number of nitrogens with zero attached hydrogens (tertiary/aromatic N) is 1. The van der Waals surface area contributed by atoms with E-state index in [9.17, 15) is 14.4 Å². The third-order valence-electron chi connectivity index (χ3n) is 4.75. The Morgan fingerprint density at radius 3 is 2.22 bits per heavy atom. The lowest BCUT2D eigenvalue weighted by Gasteiger charge is -2.18. The van der Waals surface area contributed by atoms with E-state index in [0.717, 1.165) is 5.56 Å². The quantitative estimate of drug-likeness (QED) is 0.435. The fourth-order valence-corrected chi connectivity index (χ4v) is 3.16. The average molecular weight is 443 g/mol. The van der Waals surface area contributed by atoms with Crippen LogP contribution in [-0.4, -0.2) is 37.2 Å². The zero-order chi connectivity index (χ0) is 23.5. The highest BCUT2D eigenvalue weighted by Crippen LogP contribution is 2.08. The van der Waals surface area contributed by atoms with Crippen molar-refractivity contribution < 1.29 is 28.4 Å². The maximum atomic E-state index is 12.5. The van der Waals surface area contributed by atoms with Crippen LogP contribution in [-0.2, 0) is 27.4 Å². The third-order valence-corrected chi connectivity index (χ3v) is 4.75. The third kappa shape index (κ3) is 8.37. The molecule has 172 valence electrons. The molecule has 0 aliphatic carbocycles. The summed E-state index contributed by atoms with van der Waals surface area (Å²) in [7, 11) is 1.30. The number of benzene rings is 1. The summed E-state index contributed by atoms with van der Waals surface area (Å²) in [6.07, 6.45) is 3.93. The number of amides is 2. The van der Waals surface area contributed by atoms with E-state index in [4.69, 9.17) is 9.47 Å². The van der Waals surface area contributed by atoms with Crippen LogP contribution in [0.1, 0.15) is 43.1 Å². The highest BCUT2D eigenvalue weighted by molar-refractivity contribution is 5.96. The molecule has 0 fully saturated rings. The highest BCUT2D eigenvalue weighted by atomic mass is 16.6. The van der Waals surface area contributed by atoms with Gasteiger partial charge in [0.15, 0.2) is 12.4 Å². The molecule has 32 heavy (non-hydrogen) atoms. The number of methoxy groups -OCH3 is 1. The molecular formula is C24H32N3O5+. The summed E-state index contributed by atoms with van der Waals surface area (Å²) in [5.41, 5.74) is 1.52. The van der Waals surface area contributed by atoms with Gasteiger partial charge >= 0.3 is 12.1 Å². The molecule has 0 bridgehead atoms. The maximum Gasteiger partial charge on any atom is 0.412 e. The molecule has 1 aromatic heterocycles. The fourth-order valence-electron chi connectivity index (χ4n) is 3.16. The summed E-state index contributed by atoms with van der Waals surface area (Å²) in [5, 5.41) is 5.51. The van der Waals surface area contributed by atoms with Crippen LogP contribution in [0.5, 0.6) is 0 Å². The molecule has 0 saturated heterocycles. The van der Waals surface area contributed by atoms with Gasteiger partial charge in [0, 0.05) is 18.2 Å². The van der Waals surface area contributed by atoms with Crippen molar-refractivity contribution in [2.75, 3.05) is 7.11 Å². The zero-order valence-electron chi connectivity index (χ0n) is 19.0. The van der Waals surface area contributed by atoms with E-state index in [1.807, 2.05) is 51.1 Å². The van der Waals surface area contributed by atoms with Crippen LogP contribution >= 0.6 is 0 Å². The molecule has 0 saturated carbocycles. The molecule has 0 unspecified atom stereocenters. The van der Waals surface area contributed by atoms with Crippen molar-refractivity contribution in [3.05, 3.63) is 66.0 Å². The lowest BCUT2D eigenvalue weighted by molar-refractivity contribution is -0.727. The van der Waals surface area contributed by atoms with Gasteiger partial charge in [0.25, 0.3) is 12.6 Å². The molecule has 2 aromatic rings. The largest absolute Gasteiger partial charge is 0.467 e. The van der Waals surface area contributed by atoms with E-state index >= 15 is 0 Å². The Labute approximate surface area is 188 Å². The molecule has 0 aliphatic heterocycles. The van der Waals surface area contributed by atoms with Crippen LogP contribution in [0.4, 0.5) is 4.79 Å². The van der Waals surface area contributed by atoms with E-state index in [2.05, 4.69) is 10.6 Å². The standard InChI is InChI=1S/C24H31N3O5/c1-17(2)14-21(23(29)31-4)26-22(28)20-10-12-27(13-11-20)16-32-24(30)25-18(3)15-19-8-6-5-7-9-19/h5-13,17-18,21H,14-16H2,1-4H3,(H-,25,26,28,30)/p+1/t18-,21-/m0/s1. The Kier molecular flexibility index (Phi) is 9.66. The molecule has 1 aromatic carbocycles. The number of pyridine rings is 1. The number of hydrogen-bond acceptors (Lipinski definition) is 5. The van der Waals surface area contributed by atoms with Crippen LogP contribution in [0, 0.1) is 5.92 Å². The first kappa shape index (κ1) is 24.8. The van der Waals surface area contributed by atoms with Crippen LogP contribution in [0.25, 0.3) is 0 Å². The van der Waals surface area contributed by atoms with E-state index in [-0.39, 0.29) is 24.6 Å². The second-order valence-corrected chi connectivity index (χ2v) is 8.08. The second kappa shape index (κ2) is 12.4. The van der Waals surface area contributed by atoms with Gasteiger partial charge < -0.3 is 20.1 Å². The van der Waals surface area contributed by atoms with E-state index < -0.39 is 18.1 Å². The number of carbonyl (C=O) groups excluding carboxylic acids is 3. The topological polar surface area (TPSA) is 97.6 Å². The Morgan fingerprint density at radius 2 is 1.62 bits per heavy atom. The van der Waals surface area contributed by atoms with E-state index in [1.165, 1.54) is 7.11 Å². The summed E-state index contributed by atoms with van der Waals surface area (Å²) in [5.74, 6) is -0.628. The Bertz CT molecular complexity index is 884. The number of carbonyl (C=O) groups is 3. The molecule has 0 aliphatic rings. The van der Waals surface area contributed by atoms with Gasteiger partial charge in [-0.05, 0) is 31.2 Å². The van der Waals surface area contributed by atoms with Crippen LogP contribution < -0.4 is 15.2 Å². The Hall–Kier alpha value is -3.42. The smallest absolute Gasteiger partial charge is 0.412 e. The van der Waals surface area contributed by atoms with Crippen molar-refractivity contribution in [2.24, 2.45) is 5.92 Å². The zero-order valence-corrected chi connectivity index (χ0v) is 19.0. The summed E-state index contributed by atoms with van der Waals surface area (Å²) >= 11 is 0. The SMILES string of the molecule is COC(=O)[C@H](CC(C)C)NC(=O)c1cc[n+](COC(=O)N[C@@H](C)Cc2ccccc2)cc1. The van der Waals surface area contributed by atoms with E-state index in [0.29, 0.717) is 18.4 Å². The molecule has 0 spiro atoms. The number of esters is 1. The van der Waals surface area contributed by atoms with Gasteiger partial charge in [0.2, 0.25) is 0 Å². The van der Waals surface area contributed by atoms with Crippen molar-refractivity contribution in [3.8, 4) is 0 Å². The summed E-state index contributed by atoms with van der Waals surface area (Å²) in [6, 6.07) is 12.3. The minimum Gasteiger partial charge on any atom is -0.467 e. The second-order valence-electron chi connectivity index (χ2n) is 8.08. The molecule has 1 heterocycles. The predicted molar refractivity (Wildman–Crippen MR) is 119 cm³/mol. The first-order valence-electron chi connectivity index (χ1n) is 10.6. The number of aromatic nitrogens is 1. The molecule has 2 rings (SSSR count). The maximum absolute atomic E-state index is 12.5. The highest BCUT2D eigenvalue weighted by Gasteiger charge is 2.23. The summed E-state index contributed by atoms with van der Waals surface area (Å²) in [6.45, 7) is 5.85. The average Bonchev–Trinajstić information content (AvgIpc) is 2.77. The van der Waals surface area contributed by atoms with Gasteiger partial charge in [-0.25, -0.2) is 9.59 Å². The minimum absolute atomic E-state index is 0.00389. The summed E-state index contributed by atoms with van der Waals surface area (Å²) < 4.78 is 11.6. The number of alkyl carbamates (subject to hydrolysis) is 1. The van der Waals surface area contributed by atoms with Crippen LogP contribution in [0.3, 0.4) is 0 Å². The lowest BCUT2D eigenvalue weighted by atomic mass is 10.0. The first-order chi connectivity index (χ1) is 15.3. The first-order valence-corrected chi connectivity index (χ1v) is 10.6. The molecular weight excluding hydrogens is 410 g/mol. The number of ether oxygens (including phenoxy) is 2. The normalized spacial score (nSPS) is 12.5. The van der Waals surface area contributed by atoms with Crippen LogP contribution in [0.2, 0.25) is 0 Å². The Morgan fingerprint density at radius 1 is 0.969 bits per heavy atom. The molecule has 2 atom stereocenters. The van der Waals surface area contributed by atoms with Crippen molar-refractivity contribution in [2.45, 2.75) is 52.4 Å². The van der Waals surface area contributed by atoms with Crippen molar-refractivity contribution in [1.29, 1.82) is 0 Å². The monoisotopic (exact) mass is 442 g/mol. The molecule has 8 heteroatoms. The number of nitrogens with one attached hydrogen (secondary N) is 2. The Balaban J connectivity index is 1.83. The van der Waals surface area contributed by atoms with Crippen molar-refractivity contribution in [3.63, 3.8) is 0 Å². The van der Waals surface area contributed by atoms with Crippen molar-refractivity contribution in [1.82, 2.24) is 10.6 Å². The van der Waals surface area contributed by atoms with Gasteiger partial charge in [0.05, 0.1) is 12.7 Å². The summed E-state index contributed by atoms with van der Waals surface area (Å²) in [4.78, 5) is 36.4. The number of rotatable bonds is 10. The van der Waals surface area contributed by atoms with Gasteiger partial charge in [-0.15, -0.1) is 0 Å². The molecule has 2 N–H and O–H groups in total. The minimum atomic E-state index is -0.704. The fraction of sp³-hybridized carbons (Fsp3) is 0.417. The van der Waals surface area contributed by atoms with Gasteiger partial charge in [-0.2, -0.15) is 4.57 Å². The van der Waals surface area contributed by atoms with Gasteiger partial charge in [-0.1, -0.05) is 44.2 Å². The van der Waals surface area contributed by atoms with Crippen LogP contribution in [0.15, 0.2) is 54.9 Å². The number of hydrogen-bond donors (Lipinski definition) is 2.